The minimum absolute atomic E-state index is 0.437. The van der Waals surface area contributed by atoms with Crippen LogP contribution in [0, 0.1) is 0 Å². The Morgan fingerprint density at radius 1 is 1.24 bits per heavy atom. The normalized spacial score (nSPS) is 15.6. The Morgan fingerprint density at radius 3 is 2.29 bits per heavy atom. The molecule has 96 valence electrons. The van der Waals surface area contributed by atoms with E-state index in [0.717, 1.165) is 5.56 Å². The topological polar surface area (TPSA) is 34.1 Å². The summed E-state index contributed by atoms with van der Waals surface area (Å²) in [5, 5.41) is -0.168. The van der Waals surface area contributed by atoms with Gasteiger partial charge in [0.05, 0.1) is 20.7 Å². The molecule has 2 unspecified atom stereocenters. The molecule has 2 nitrogen and oxygen atoms in total. The van der Waals surface area contributed by atoms with Gasteiger partial charge in [0.1, 0.15) is 0 Å². The molecule has 1 rings (SSSR count). The van der Waals surface area contributed by atoms with Gasteiger partial charge in [-0.1, -0.05) is 29.3 Å². The fraction of sp³-hybridized carbons (Fsp3) is 0.455. The van der Waals surface area contributed by atoms with Crippen molar-refractivity contribution in [3.63, 3.8) is 0 Å². The van der Waals surface area contributed by atoms with Crippen molar-refractivity contribution in [3.8, 4) is 0 Å². The molecule has 0 aliphatic rings. The van der Waals surface area contributed by atoms with Crippen molar-refractivity contribution in [1.29, 1.82) is 0 Å². The van der Waals surface area contributed by atoms with E-state index in [9.17, 15) is 8.42 Å². The van der Waals surface area contributed by atoms with Crippen LogP contribution in [0.1, 0.15) is 12.5 Å². The largest absolute Gasteiger partial charge is 0.229 e. The smallest absolute Gasteiger partial charge is 0.151 e. The first-order chi connectivity index (χ1) is 7.71. The molecule has 0 aliphatic heterocycles. The van der Waals surface area contributed by atoms with Crippen LogP contribution in [0.3, 0.4) is 0 Å². The Bertz CT molecular complexity index is 499. The molecule has 0 saturated heterocycles. The molecule has 0 spiro atoms. The van der Waals surface area contributed by atoms with E-state index in [2.05, 4.69) is 0 Å². The maximum Gasteiger partial charge on any atom is 0.151 e. The molecule has 0 radical (unpaired) electrons. The summed E-state index contributed by atoms with van der Waals surface area (Å²) < 4.78 is 22.7. The van der Waals surface area contributed by atoms with Gasteiger partial charge < -0.3 is 0 Å². The quantitative estimate of drug-likeness (QED) is 0.796. The molecule has 0 bridgehead atoms. The lowest BCUT2D eigenvalue weighted by molar-refractivity contribution is 0.584. The maximum absolute atomic E-state index is 11.4. The van der Waals surface area contributed by atoms with Gasteiger partial charge in [0, 0.05) is 6.26 Å². The third-order valence-electron chi connectivity index (χ3n) is 2.60. The van der Waals surface area contributed by atoms with E-state index in [1.165, 1.54) is 6.26 Å². The molecule has 0 amide bonds. The fourth-order valence-electron chi connectivity index (χ4n) is 1.33. The summed E-state index contributed by atoms with van der Waals surface area (Å²) >= 11 is 17.8. The van der Waals surface area contributed by atoms with E-state index in [-0.39, 0.29) is 0 Å². The number of alkyl halides is 1. The van der Waals surface area contributed by atoms with Gasteiger partial charge in [-0.3, -0.25) is 0 Å². The molecule has 0 N–H and O–H groups in total. The van der Waals surface area contributed by atoms with Crippen molar-refractivity contribution >= 4 is 44.6 Å². The average molecular weight is 316 g/mol. The van der Waals surface area contributed by atoms with Crippen LogP contribution < -0.4 is 0 Å². The second kappa shape index (κ2) is 5.79. The van der Waals surface area contributed by atoms with E-state index in [1.807, 2.05) is 0 Å². The third-order valence-corrected chi connectivity index (χ3v) is 5.70. The van der Waals surface area contributed by atoms with Gasteiger partial charge >= 0.3 is 0 Å². The number of sulfone groups is 1. The Morgan fingerprint density at radius 2 is 1.82 bits per heavy atom. The minimum Gasteiger partial charge on any atom is -0.229 e. The predicted octanol–water partition coefficient (Wildman–Crippen LogP) is 3.58. The second-order valence-corrected chi connectivity index (χ2v) is 7.78. The van der Waals surface area contributed by atoms with Crippen LogP contribution in [0.25, 0.3) is 0 Å². The maximum atomic E-state index is 11.4. The number of hydrogen-bond acceptors (Lipinski definition) is 2. The Balaban J connectivity index is 2.81. The van der Waals surface area contributed by atoms with Crippen molar-refractivity contribution in [2.45, 2.75) is 24.0 Å². The highest BCUT2D eigenvalue weighted by Crippen LogP contribution is 2.25. The van der Waals surface area contributed by atoms with Crippen molar-refractivity contribution in [2.75, 3.05) is 6.26 Å². The molecule has 6 heteroatoms. The standard InChI is InChI=1S/C11H13Cl3O2S/c1-7(17(2,15)16)10(13)5-8-3-4-9(12)11(14)6-8/h3-4,6-7,10H,5H2,1-2H3. The SMILES string of the molecule is CC(C(Cl)Cc1ccc(Cl)c(Cl)c1)S(C)(=O)=O. The van der Waals surface area contributed by atoms with Crippen LogP contribution in [-0.4, -0.2) is 25.3 Å². The zero-order valence-corrected chi connectivity index (χ0v) is 12.5. The molecule has 17 heavy (non-hydrogen) atoms. The van der Waals surface area contributed by atoms with E-state index in [1.54, 1.807) is 25.1 Å². The molecular formula is C11H13Cl3O2S. The lowest BCUT2D eigenvalue weighted by atomic mass is 10.1. The van der Waals surface area contributed by atoms with Gasteiger partial charge in [-0.15, -0.1) is 11.6 Å². The van der Waals surface area contributed by atoms with Crippen LogP contribution in [0.4, 0.5) is 0 Å². The van der Waals surface area contributed by atoms with E-state index >= 15 is 0 Å². The number of benzene rings is 1. The lowest BCUT2D eigenvalue weighted by Crippen LogP contribution is -2.28. The highest BCUT2D eigenvalue weighted by molar-refractivity contribution is 7.91. The first-order valence-corrected chi connectivity index (χ1v) is 8.13. The van der Waals surface area contributed by atoms with E-state index in [4.69, 9.17) is 34.8 Å². The molecule has 1 aromatic carbocycles. The monoisotopic (exact) mass is 314 g/mol. The van der Waals surface area contributed by atoms with Crippen molar-refractivity contribution in [3.05, 3.63) is 33.8 Å². The third kappa shape index (κ3) is 4.32. The highest BCUT2D eigenvalue weighted by atomic mass is 35.5. The molecule has 1 aromatic rings. The summed E-state index contributed by atoms with van der Waals surface area (Å²) in [5.41, 5.74) is 0.870. The predicted molar refractivity (Wildman–Crippen MR) is 74.1 cm³/mol. The van der Waals surface area contributed by atoms with Crippen molar-refractivity contribution in [1.82, 2.24) is 0 Å². The zero-order valence-electron chi connectivity index (χ0n) is 9.45. The highest BCUT2D eigenvalue weighted by Gasteiger charge is 2.24. The van der Waals surface area contributed by atoms with E-state index < -0.39 is 20.5 Å². The molecular weight excluding hydrogens is 303 g/mol. The van der Waals surface area contributed by atoms with Crippen LogP contribution >= 0.6 is 34.8 Å². The lowest BCUT2D eigenvalue weighted by Gasteiger charge is -2.16. The number of hydrogen-bond donors (Lipinski definition) is 0. The Kier molecular flexibility index (Phi) is 5.14. The zero-order chi connectivity index (χ0) is 13.2. The Hall–Kier alpha value is 0.0400. The molecule has 2 atom stereocenters. The number of rotatable bonds is 4. The van der Waals surface area contributed by atoms with Gasteiger partial charge in [0.2, 0.25) is 0 Å². The van der Waals surface area contributed by atoms with Crippen molar-refractivity contribution < 1.29 is 8.42 Å². The van der Waals surface area contributed by atoms with Crippen LogP contribution in [0.5, 0.6) is 0 Å². The first-order valence-electron chi connectivity index (χ1n) is 4.98. The molecule has 0 saturated carbocycles. The van der Waals surface area contributed by atoms with Gasteiger partial charge in [-0.05, 0) is 31.0 Å². The first kappa shape index (κ1) is 15.1. The molecule has 0 heterocycles. The molecule has 0 aromatic heterocycles. The summed E-state index contributed by atoms with van der Waals surface area (Å²) in [4.78, 5) is 0. The summed E-state index contributed by atoms with van der Waals surface area (Å²) in [6.45, 7) is 1.60. The second-order valence-electron chi connectivity index (χ2n) is 4.00. The van der Waals surface area contributed by atoms with Crippen LogP contribution in [-0.2, 0) is 16.3 Å². The Labute approximate surface area is 117 Å². The number of halogens is 3. The van der Waals surface area contributed by atoms with Gasteiger partial charge in [0.25, 0.3) is 0 Å². The summed E-state index contributed by atoms with van der Waals surface area (Å²) in [5.74, 6) is 0. The van der Waals surface area contributed by atoms with Crippen LogP contribution in [0.2, 0.25) is 10.0 Å². The van der Waals surface area contributed by atoms with Crippen LogP contribution in [0.15, 0.2) is 18.2 Å². The van der Waals surface area contributed by atoms with E-state index in [0.29, 0.717) is 16.5 Å². The van der Waals surface area contributed by atoms with Gasteiger partial charge in [0.15, 0.2) is 9.84 Å². The van der Waals surface area contributed by atoms with Gasteiger partial charge in [-0.2, -0.15) is 0 Å². The summed E-state index contributed by atoms with van der Waals surface area (Å²) in [7, 11) is -3.13. The fourth-order valence-corrected chi connectivity index (χ4v) is 3.02. The molecule has 0 aliphatic carbocycles. The average Bonchev–Trinajstić information content (AvgIpc) is 2.21. The summed E-state index contributed by atoms with van der Waals surface area (Å²) in [6.07, 6.45) is 1.62. The molecule has 0 fully saturated rings. The van der Waals surface area contributed by atoms with Crippen molar-refractivity contribution in [2.24, 2.45) is 0 Å². The minimum atomic E-state index is -3.13. The summed E-state index contributed by atoms with van der Waals surface area (Å²) in [6, 6.07) is 5.17. The van der Waals surface area contributed by atoms with Gasteiger partial charge in [-0.25, -0.2) is 8.42 Å².